The molecule has 0 aromatic heterocycles. The van der Waals surface area contributed by atoms with E-state index in [1.165, 1.54) is 51.0 Å². The largest absolute Gasteiger partial charge is 0.507 e. The zero-order chi connectivity index (χ0) is 18.6. The van der Waals surface area contributed by atoms with Crippen molar-refractivity contribution in [3.63, 3.8) is 0 Å². The van der Waals surface area contributed by atoms with Crippen molar-refractivity contribution in [2.24, 2.45) is 0 Å². The van der Waals surface area contributed by atoms with E-state index in [0.29, 0.717) is 17.2 Å². The maximum absolute atomic E-state index is 11.9. The first-order chi connectivity index (χ1) is 12.7. The zero-order valence-electron chi connectivity index (χ0n) is 15.7. The fraction of sp³-hybridized carbons (Fsp3) is 0.435. The van der Waals surface area contributed by atoms with Crippen LogP contribution in [-0.4, -0.2) is 23.6 Å². The van der Waals surface area contributed by atoms with Gasteiger partial charge in [0.1, 0.15) is 5.75 Å². The van der Waals surface area contributed by atoms with Gasteiger partial charge in [0.05, 0.1) is 11.7 Å². The second-order valence-corrected chi connectivity index (χ2v) is 6.70. The highest BCUT2D eigenvalue weighted by Gasteiger charge is 2.14. The van der Waals surface area contributed by atoms with E-state index >= 15 is 0 Å². The van der Waals surface area contributed by atoms with Gasteiger partial charge in [-0.25, -0.2) is 0 Å². The lowest BCUT2D eigenvalue weighted by Crippen LogP contribution is -2.03. The number of carbonyl (C=O) groups is 1. The molecule has 0 spiro atoms. The normalized spacial score (nSPS) is 16.0. The van der Waals surface area contributed by atoms with Crippen molar-refractivity contribution in [1.82, 2.24) is 0 Å². The van der Waals surface area contributed by atoms with Gasteiger partial charge in [-0.1, -0.05) is 75.1 Å². The number of hydrogen-bond acceptors (Lipinski definition) is 3. The molecule has 0 saturated carbocycles. The van der Waals surface area contributed by atoms with Crippen LogP contribution in [0.5, 0.6) is 5.75 Å². The van der Waals surface area contributed by atoms with Crippen molar-refractivity contribution in [3.05, 3.63) is 65.7 Å². The fourth-order valence-corrected chi connectivity index (χ4v) is 3.08. The highest BCUT2D eigenvalue weighted by atomic mass is 16.5. The molecule has 3 rings (SSSR count). The molecule has 3 heteroatoms. The molecule has 1 heterocycles. The van der Waals surface area contributed by atoms with E-state index in [4.69, 9.17) is 4.74 Å². The van der Waals surface area contributed by atoms with E-state index in [0.717, 1.165) is 6.61 Å². The van der Waals surface area contributed by atoms with E-state index in [1.807, 2.05) is 6.07 Å². The molecule has 2 aromatic carbocycles. The third-order valence-corrected chi connectivity index (χ3v) is 4.59. The van der Waals surface area contributed by atoms with Crippen molar-refractivity contribution in [2.45, 2.75) is 58.0 Å². The van der Waals surface area contributed by atoms with Gasteiger partial charge in [0, 0.05) is 12.2 Å². The molecule has 1 aliphatic rings. The zero-order valence-corrected chi connectivity index (χ0v) is 15.7. The number of phenols is 1. The Morgan fingerprint density at radius 2 is 1.77 bits per heavy atom. The van der Waals surface area contributed by atoms with E-state index in [-0.39, 0.29) is 11.5 Å². The summed E-state index contributed by atoms with van der Waals surface area (Å²) in [6.45, 7) is 3.27. The van der Waals surface area contributed by atoms with Crippen LogP contribution in [-0.2, 0) is 4.74 Å². The number of hydrogen-bond donors (Lipinski definition) is 1. The smallest absolute Gasteiger partial charge is 0.196 e. The van der Waals surface area contributed by atoms with Gasteiger partial charge >= 0.3 is 0 Å². The minimum absolute atomic E-state index is 0.0198. The Bertz CT molecular complexity index is 646. The Balaban J connectivity index is 0.000000197. The summed E-state index contributed by atoms with van der Waals surface area (Å²) in [5.74, 6) is -0.139. The van der Waals surface area contributed by atoms with Crippen LogP contribution in [0.3, 0.4) is 0 Å². The number of ether oxygens (including phenoxy) is 1. The molecule has 26 heavy (non-hydrogen) atoms. The fourth-order valence-electron chi connectivity index (χ4n) is 3.08. The van der Waals surface area contributed by atoms with Crippen molar-refractivity contribution >= 4 is 5.78 Å². The number of benzene rings is 2. The van der Waals surface area contributed by atoms with Crippen molar-refractivity contribution in [1.29, 1.82) is 0 Å². The first-order valence-corrected chi connectivity index (χ1v) is 9.71. The second-order valence-electron chi connectivity index (χ2n) is 6.70. The summed E-state index contributed by atoms with van der Waals surface area (Å²) in [5, 5.41) is 9.52. The highest BCUT2D eigenvalue weighted by molar-refractivity contribution is 6.10. The Kier molecular flexibility index (Phi) is 8.91. The molecule has 0 radical (unpaired) electrons. The summed E-state index contributed by atoms with van der Waals surface area (Å²) in [7, 11) is 0. The van der Waals surface area contributed by atoms with Crippen LogP contribution in [0.1, 0.15) is 67.8 Å². The van der Waals surface area contributed by atoms with Gasteiger partial charge < -0.3 is 9.84 Å². The predicted molar refractivity (Wildman–Crippen MR) is 106 cm³/mol. The summed E-state index contributed by atoms with van der Waals surface area (Å²) < 4.78 is 5.53. The van der Waals surface area contributed by atoms with Crippen LogP contribution in [0.25, 0.3) is 0 Å². The van der Waals surface area contributed by atoms with Gasteiger partial charge in [-0.05, 0) is 31.4 Å². The van der Waals surface area contributed by atoms with E-state index in [1.54, 1.807) is 42.5 Å². The predicted octanol–water partition coefficient (Wildman–Crippen LogP) is 5.76. The van der Waals surface area contributed by atoms with Crippen LogP contribution in [0.15, 0.2) is 54.6 Å². The molecule has 1 unspecified atom stereocenters. The Labute approximate surface area is 157 Å². The second kappa shape index (κ2) is 11.5. The van der Waals surface area contributed by atoms with Crippen LogP contribution < -0.4 is 0 Å². The number of ketones is 1. The van der Waals surface area contributed by atoms with Crippen LogP contribution in [0.2, 0.25) is 0 Å². The summed E-state index contributed by atoms with van der Waals surface area (Å²) >= 11 is 0. The average molecular weight is 354 g/mol. The van der Waals surface area contributed by atoms with Gasteiger partial charge in [-0.3, -0.25) is 4.79 Å². The monoisotopic (exact) mass is 354 g/mol. The molecule has 1 saturated heterocycles. The topological polar surface area (TPSA) is 46.5 Å². The average Bonchev–Trinajstić information content (AvgIpc) is 3.20. The lowest BCUT2D eigenvalue weighted by molar-refractivity contribution is 0.102. The number of rotatable bonds is 7. The molecule has 1 aliphatic heterocycles. The Hall–Kier alpha value is -2.13. The molecular formula is C23H30O3. The molecule has 1 N–H and O–H groups in total. The third kappa shape index (κ3) is 6.64. The standard InChI is InChI=1S/C13H10O2.C10H20O/c14-12-9-5-4-8-11(12)13(15)10-6-2-1-3-7-10;1-2-3-4-5-7-10-8-6-9-11-10/h1-9,14H;10H,2-9H2,1H3. The lowest BCUT2D eigenvalue weighted by Gasteiger charge is -2.07. The first kappa shape index (κ1) is 20.2. The van der Waals surface area contributed by atoms with E-state index in [2.05, 4.69) is 6.92 Å². The summed E-state index contributed by atoms with van der Waals surface area (Å²) in [6, 6.07) is 15.5. The molecule has 1 atom stereocenters. The summed E-state index contributed by atoms with van der Waals surface area (Å²) in [5.41, 5.74) is 0.919. The first-order valence-electron chi connectivity index (χ1n) is 9.71. The SMILES string of the molecule is CCCCCCC1CCCO1.O=C(c1ccccc1)c1ccccc1O. The van der Waals surface area contributed by atoms with E-state index < -0.39 is 0 Å². The highest BCUT2D eigenvalue weighted by Crippen LogP contribution is 2.19. The number of aromatic hydroxyl groups is 1. The number of unbranched alkanes of at least 4 members (excludes halogenated alkanes) is 3. The van der Waals surface area contributed by atoms with E-state index in [9.17, 15) is 9.90 Å². The molecule has 0 bridgehead atoms. The minimum atomic E-state index is -0.159. The third-order valence-electron chi connectivity index (χ3n) is 4.59. The number of carbonyl (C=O) groups excluding carboxylic acids is 1. The van der Waals surface area contributed by atoms with Gasteiger partial charge in [0.2, 0.25) is 0 Å². The summed E-state index contributed by atoms with van der Waals surface area (Å²) in [6.07, 6.45) is 10.0. The van der Waals surface area contributed by atoms with Crippen molar-refractivity contribution in [2.75, 3.05) is 6.61 Å². The van der Waals surface area contributed by atoms with Crippen LogP contribution in [0, 0.1) is 0 Å². The van der Waals surface area contributed by atoms with Crippen molar-refractivity contribution < 1.29 is 14.6 Å². The van der Waals surface area contributed by atoms with Gasteiger partial charge in [0.25, 0.3) is 0 Å². The van der Waals surface area contributed by atoms with Gasteiger partial charge in [0.15, 0.2) is 5.78 Å². The molecule has 0 aliphatic carbocycles. The Morgan fingerprint density at radius 3 is 2.42 bits per heavy atom. The minimum Gasteiger partial charge on any atom is -0.507 e. The van der Waals surface area contributed by atoms with Gasteiger partial charge in [-0.2, -0.15) is 0 Å². The van der Waals surface area contributed by atoms with Gasteiger partial charge in [-0.15, -0.1) is 0 Å². The molecular weight excluding hydrogens is 324 g/mol. The molecule has 2 aromatic rings. The molecule has 1 fully saturated rings. The molecule has 0 amide bonds. The van der Waals surface area contributed by atoms with Crippen molar-refractivity contribution in [3.8, 4) is 5.75 Å². The number of para-hydroxylation sites is 1. The maximum Gasteiger partial charge on any atom is 0.196 e. The van der Waals surface area contributed by atoms with Crippen LogP contribution in [0.4, 0.5) is 0 Å². The maximum atomic E-state index is 11.9. The quantitative estimate of drug-likeness (QED) is 0.508. The Morgan fingerprint density at radius 1 is 1.04 bits per heavy atom. The molecule has 140 valence electrons. The van der Waals surface area contributed by atoms with Crippen LogP contribution >= 0.6 is 0 Å². The number of phenolic OH excluding ortho intramolecular Hbond substituents is 1. The lowest BCUT2D eigenvalue weighted by atomic mass is 10.0. The molecule has 3 nitrogen and oxygen atoms in total. The summed E-state index contributed by atoms with van der Waals surface area (Å²) in [4.78, 5) is 11.9.